The highest BCUT2D eigenvalue weighted by atomic mass is 16.3. The highest BCUT2D eigenvalue weighted by Gasteiger charge is 2.39. The normalized spacial score (nSPS) is 23.1. The lowest BCUT2D eigenvalue weighted by atomic mass is 9.96. The molecule has 0 fully saturated rings. The zero-order chi connectivity index (χ0) is 13.3. The van der Waals surface area contributed by atoms with Gasteiger partial charge in [0.15, 0.2) is 0 Å². The first-order valence-corrected chi connectivity index (χ1v) is 5.87. The lowest BCUT2D eigenvalue weighted by Gasteiger charge is -2.27. The average Bonchev–Trinajstić information content (AvgIpc) is 2.42. The standard InChI is InChI=1S/C12H23N3O2/c1-11(2)5-9(12(3,4)15-11)10(17)14-7-8(16)6-13/h5,8,15-16H,6-7,13H2,1-4H3,(H,14,17). The molecule has 0 aliphatic carbocycles. The minimum Gasteiger partial charge on any atom is -0.390 e. The van der Waals surface area contributed by atoms with Crippen LogP contribution >= 0.6 is 0 Å². The van der Waals surface area contributed by atoms with E-state index in [-0.39, 0.29) is 30.1 Å². The topological polar surface area (TPSA) is 87.4 Å². The third-order valence-electron chi connectivity index (χ3n) is 2.83. The number of aliphatic hydroxyl groups is 1. The Morgan fingerprint density at radius 2 is 2.12 bits per heavy atom. The summed E-state index contributed by atoms with van der Waals surface area (Å²) in [6.45, 7) is 8.29. The van der Waals surface area contributed by atoms with Gasteiger partial charge in [0.05, 0.1) is 6.10 Å². The van der Waals surface area contributed by atoms with Crippen LogP contribution in [-0.4, -0.2) is 41.3 Å². The van der Waals surface area contributed by atoms with Crippen LogP contribution in [0, 0.1) is 0 Å². The van der Waals surface area contributed by atoms with Gasteiger partial charge in [-0.15, -0.1) is 0 Å². The molecule has 0 bridgehead atoms. The third-order valence-corrected chi connectivity index (χ3v) is 2.83. The molecule has 98 valence electrons. The molecule has 1 amide bonds. The number of carbonyl (C=O) groups is 1. The first kappa shape index (κ1) is 14.2. The number of hydrogen-bond acceptors (Lipinski definition) is 4. The SMILES string of the molecule is CC1(C)C=C(C(=O)NCC(O)CN)C(C)(C)N1. The van der Waals surface area contributed by atoms with Gasteiger partial charge in [-0.2, -0.15) is 0 Å². The summed E-state index contributed by atoms with van der Waals surface area (Å²) in [4.78, 5) is 12.0. The Morgan fingerprint density at radius 3 is 2.53 bits per heavy atom. The van der Waals surface area contributed by atoms with E-state index in [1.807, 2.05) is 33.8 Å². The molecule has 0 saturated heterocycles. The summed E-state index contributed by atoms with van der Waals surface area (Å²) in [5.74, 6) is -0.152. The van der Waals surface area contributed by atoms with Gasteiger partial charge in [-0.25, -0.2) is 0 Å². The molecular weight excluding hydrogens is 218 g/mol. The number of carbonyl (C=O) groups excluding carboxylic acids is 1. The van der Waals surface area contributed by atoms with Crippen molar-refractivity contribution in [2.75, 3.05) is 13.1 Å². The molecule has 1 unspecified atom stereocenters. The molecule has 0 spiro atoms. The summed E-state index contributed by atoms with van der Waals surface area (Å²) < 4.78 is 0. The van der Waals surface area contributed by atoms with Gasteiger partial charge in [0.1, 0.15) is 0 Å². The Kier molecular flexibility index (Phi) is 3.96. The van der Waals surface area contributed by atoms with E-state index in [2.05, 4.69) is 10.6 Å². The molecule has 0 aromatic carbocycles. The maximum atomic E-state index is 12.0. The van der Waals surface area contributed by atoms with E-state index in [0.29, 0.717) is 5.57 Å². The van der Waals surface area contributed by atoms with E-state index in [9.17, 15) is 9.90 Å². The highest BCUT2D eigenvalue weighted by Crippen LogP contribution is 2.29. The van der Waals surface area contributed by atoms with Crippen molar-refractivity contribution < 1.29 is 9.90 Å². The fourth-order valence-corrected chi connectivity index (χ4v) is 2.19. The lowest BCUT2D eigenvalue weighted by molar-refractivity contribution is -0.118. The zero-order valence-corrected chi connectivity index (χ0v) is 11.0. The van der Waals surface area contributed by atoms with Crippen molar-refractivity contribution in [1.29, 1.82) is 0 Å². The molecule has 5 heteroatoms. The monoisotopic (exact) mass is 241 g/mol. The summed E-state index contributed by atoms with van der Waals surface area (Å²) in [6, 6.07) is 0. The molecule has 5 nitrogen and oxygen atoms in total. The number of hydrogen-bond donors (Lipinski definition) is 4. The third kappa shape index (κ3) is 3.52. The van der Waals surface area contributed by atoms with Gasteiger partial charge < -0.3 is 16.2 Å². The summed E-state index contributed by atoms with van der Waals surface area (Å²) >= 11 is 0. The summed E-state index contributed by atoms with van der Waals surface area (Å²) in [5, 5.41) is 15.4. The van der Waals surface area contributed by atoms with E-state index in [1.54, 1.807) is 0 Å². The van der Waals surface area contributed by atoms with Crippen molar-refractivity contribution in [3.05, 3.63) is 11.6 Å². The molecule has 1 heterocycles. The molecule has 5 N–H and O–H groups in total. The molecule has 0 radical (unpaired) electrons. The van der Waals surface area contributed by atoms with E-state index < -0.39 is 6.10 Å². The molecule has 1 aliphatic heterocycles. The lowest BCUT2D eigenvalue weighted by Crippen LogP contribution is -2.48. The fourth-order valence-electron chi connectivity index (χ4n) is 2.19. The smallest absolute Gasteiger partial charge is 0.248 e. The predicted octanol–water partition coefficient (Wildman–Crippen LogP) is -0.491. The van der Waals surface area contributed by atoms with Crippen molar-refractivity contribution in [3.63, 3.8) is 0 Å². The van der Waals surface area contributed by atoms with Crippen LogP contribution in [0.4, 0.5) is 0 Å². The Balaban J connectivity index is 2.69. The maximum Gasteiger partial charge on any atom is 0.248 e. The molecule has 0 saturated carbocycles. The first-order chi connectivity index (χ1) is 7.68. The second-order valence-corrected chi connectivity index (χ2v) is 5.63. The highest BCUT2D eigenvalue weighted by molar-refractivity contribution is 5.96. The van der Waals surface area contributed by atoms with Crippen molar-refractivity contribution in [1.82, 2.24) is 10.6 Å². The molecule has 1 rings (SSSR count). The Hall–Kier alpha value is -0.910. The van der Waals surface area contributed by atoms with Crippen molar-refractivity contribution in [2.24, 2.45) is 5.73 Å². The number of nitrogens with one attached hydrogen (secondary N) is 2. The average molecular weight is 241 g/mol. The van der Waals surface area contributed by atoms with Crippen LogP contribution in [-0.2, 0) is 4.79 Å². The number of nitrogens with two attached hydrogens (primary N) is 1. The Morgan fingerprint density at radius 1 is 1.53 bits per heavy atom. The summed E-state index contributed by atoms with van der Waals surface area (Å²) in [6.07, 6.45) is 1.24. The number of aliphatic hydroxyl groups excluding tert-OH is 1. The Labute approximate surface area is 102 Å². The van der Waals surface area contributed by atoms with Gasteiger partial charge in [0.25, 0.3) is 0 Å². The summed E-state index contributed by atoms with van der Waals surface area (Å²) in [5.41, 5.74) is 5.43. The maximum absolute atomic E-state index is 12.0. The number of rotatable bonds is 4. The zero-order valence-electron chi connectivity index (χ0n) is 11.0. The Bertz CT molecular complexity index is 335. The van der Waals surface area contributed by atoms with Gasteiger partial charge in [0, 0.05) is 29.7 Å². The van der Waals surface area contributed by atoms with E-state index >= 15 is 0 Å². The van der Waals surface area contributed by atoms with Crippen LogP contribution in [0.15, 0.2) is 11.6 Å². The second kappa shape index (κ2) is 4.76. The van der Waals surface area contributed by atoms with Crippen LogP contribution in [0.2, 0.25) is 0 Å². The second-order valence-electron chi connectivity index (χ2n) is 5.63. The first-order valence-electron chi connectivity index (χ1n) is 5.87. The van der Waals surface area contributed by atoms with Gasteiger partial charge in [-0.1, -0.05) is 6.08 Å². The molecule has 17 heavy (non-hydrogen) atoms. The van der Waals surface area contributed by atoms with Crippen LogP contribution in [0.3, 0.4) is 0 Å². The van der Waals surface area contributed by atoms with Crippen LogP contribution in [0.25, 0.3) is 0 Å². The molecule has 1 atom stereocenters. The molecular formula is C12H23N3O2. The molecule has 0 aromatic heterocycles. The van der Waals surface area contributed by atoms with Crippen molar-refractivity contribution >= 4 is 5.91 Å². The van der Waals surface area contributed by atoms with E-state index in [4.69, 9.17) is 5.73 Å². The van der Waals surface area contributed by atoms with Crippen LogP contribution in [0.5, 0.6) is 0 Å². The van der Waals surface area contributed by atoms with Gasteiger partial charge >= 0.3 is 0 Å². The number of amides is 1. The van der Waals surface area contributed by atoms with E-state index in [0.717, 1.165) is 0 Å². The van der Waals surface area contributed by atoms with Crippen LogP contribution in [0.1, 0.15) is 27.7 Å². The molecule has 1 aliphatic rings. The fraction of sp³-hybridized carbons (Fsp3) is 0.750. The van der Waals surface area contributed by atoms with Crippen molar-refractivity contribution in [2.45, 2.75) is 44.9 Å². The summed E-state index contributed by atoms with van der Waals surface area (Å²) in [7, 11) is 0. The minimum atomic E-state index is -0.690. The van der Waals surface area contributed by atoms with Crippen molar-refractivity contribution in [3.8, 4) is 0 Å². The predicted molar refractivity (Wildman–Crippen MR) is 67.4 cm³/mol. The van der Waals surface area contributed by atoms with E-state index in [1.165, 1.54) is 0 Å². The largest absolute Gasteiger partial charge is 0.390 e. The van der Waals surface area contributed by atoms with Gasteiger partial charge in [-0.05, 0) is 27.7 Å². The minimum absolute atomic E-state index is 0.145. The van der Waals surface area contributed by atoms with Gasteiger partial charge in [-0.3, -0.25) is 10.1 Å². The molecule has 0 aromatic rings. The van der Waals surface area contributed by atoms with Gasteiger partial charge in [0.2, 0.25) is 5.91 Å². The quantitative estimate of drug-likeness (QED) is 0.535. The van der Waals surface area contributed by atoms with Crippen LogP contribution < -0.4 is 16.4 Å².